The van der Waals surface area contributed by atoms with Crippen molar-refractivity contribution in [2.75, 3.05) is 26.4 Å². The number of rotatable bonds is 40. The van der Waals surface area contributed by atoms with Gasteiger partial charge in [0, 0.05) is 12.8 Å². The molecular weight excluding hydrogens is 870 g/mol. The number of ether oxygens (including phenoxy) is 2. The fourth-order valence-corrected chi connectivity index (χ4v) is 6.45. The first-order valence-corrected chi connectivity index (χ1v) is 25.3. The molecule has 1 unspecified atom stereocenters. The molecule has 0 radical (unpaired) electrons. The minimum absolute atomic E-state index is 0.0100. The summed E-state index contributed by atoms with van der Waals surface area (Å²) in [5, 5.41) is 40.2. The molecule has 0 fully saturated rings. The Labute approximate surface area is 380 Å². The summed E-state index contributed by atoms with van der Waals surface area (Å²) in [6.45, 7) is 1.09. The van der Waals surface area contributed by atoms with Gasteiger partial charge in [-0.15, -0.1) is 0 Å². The van der Waals surface area contributed by atoms with Crippen LogP contribution in [0.1, 0.15) is 123 Å². The van der Waals surface area contributed by atoms with Crippen molar-refractivity contribution >= 4 is 27.6 Å². The number of hydrogen-bond acceptors (Lipinski definition) is 13. The fourth-order valence-electron chi connectivity index (χ4n) is 5.29. The van der Waals surface area contributed by atoms with Crippen molar-refractivity contribution in [2.24, 2.45) is 0 Å². The predicted molar refractivity (Wildman–Crippen MR) is 248 cm³/mol. The third-order valence-corrected chi connectivity index (χ3v) is 10.2. The van der Waals surface area contributed by atoms with Crippen molar-refractivity contribution < 1.29 is 76.9 Å². The Kier molecular flexibility index (Phi) is 38.3. The summed E-state index contributed by atoms with van der Waals surface area (Å²) < 4.78 is 47.5. The zero-order chi connectivity index (χ0) is 47.7. The molecule has 16 nitrogen and oxygen atoms in total. The number of aliphatic hydroxyl groups excluding tert-OH is 4. The zero-order valence-electron chi connectivity index (χ0n) is 37.7. The van der Waals surface area contributed by atoms with Crippen LogP contribution in [0.3, 0.4) is 0 Å². The van der Waals surface area contributed by atoms with Crippen molar-refractivity contribution in [1.82, 2.24) is 0 Å². The van der Waals surface area contributed by atoms with Crippen molar-refractivity contribution in [2.45, 2.75) is 154 Å². The molecule has 0 aromatic rings. The number of hydrogen-bond donors (Lipinski definition) is 7. The monoisotopic (exact) mass is 946 g/mol. The van der Waals surface area contributed by atoms with Crippen molar-refractivity contribution in [3.63, 3.8) is 0 Å². The van der Waals surface area contributed by atoms with Crippen LogP contribution < -0.4 is 0 Å². The van der Waals surface area contributed by atoms with Crippen LogP contribution in [0, 0.1) is 0 Å². The van der Waals surface area contributed by atoms with E-state index < -0.39 is 84.5 Å². The van der Waals surface area contributed by atoms with Gasteiger partial charge in [0.2, 0.25) is 0 Å². The topological polar surface area (TPSA) is 256 Å². The highest BCUT2D eigenvalue weighted by molar-refractivity contribution is 7.47. The normalized spacial score (nSPS) is 16.3. The van der Waals surface area contributed by atoms with E-state index in [1.807, 2.05) is 31.2 Å². The number of allylic oxidation sites excluding steroid dienone is 13. The number of phosphoric ester groups is 2. The molecule has 0 aliphatic heterocycles. The first-order valence-electron chi connectivity index (χ1n) is 22.3. The van der Waals surface area contributed by atoms with Gasteiger partial charge in [0.1, 0.15) is 12.7 Å². The summed E-state index contributed by atoms with van der Waals surface area (Å²) in [6.07, 6.45) is 36.4. The maximum Gasteiger partial charge on any atom is 0.472 e. The van der Waals surface area contributed by atoms with E-state index in [4.69, 9.17) is 23.8 Å². The molecule has 64 heavy (non-hydrogen) atoms. The summed E-state index contributed by atoms with van der Waals surface area (Å²) in [7, 11) is -9.84. The summed E-state index contributed by atoms with van der Waals surface area (Å²) >= 11 is 0. The lowest BCUT2D eigenvalue weighted by Gasteiger charge is -2.21. The summed E-state index contributed by atoms with van der Waals surface area (Å²) in [5.74, 6) is -1.44. The van der Waals surface area contributed by atoms with Gasteiger partial charge in [-0.3, -0.25) is 23.2 Å². The Morgan fingerprint density at radius 1 is 0.578 bits per heavy atom. The van der Waals surface area contributed by atoms with Crippen LogP contribution in [0.25, 0.3) is 0 Å². The lowest BCUT2D eigenvalue weighted by Crippen LogP contribution is -2.30. The van der Waals surface area contributed by atoms with Gasteiger partial charge >= 0.3 is 27.6 Å². The lowest BCUT2D eigenvalue weighted by atomic mass is 10.1. The second-order valence-electron chi connectivity index (χ2n) is 14.8. The van der Waals surface area contributed by atoms with Crippen molar-refractivity contribution in [3.8, 4) is 0 Å². The Morgan fingerprint density at radius 3 is 1.80 bits per heavy atom. The number of carbonyl (C=O) groups excluding carboxylic acids is 2. The Morgan fingerprint density at radius 2 is 1.14 bits per heavy atom. The van der Waals surface area contributed by atoms with E-state index in [0.717, 1.165) is 25.7 Å². The predicted octanol–water partition coefficient (Wildman–Crippen LogP) is 8.25. The highest BCUT2D eigenvalue weighted by Gasteiger charge is 2.28. The van der Waals surface area contributed by atoms with Gasteiger partial charge in [0.05, 0.1) is 38.1 Å². The maximum atomic E-state index is 12.7. The molecule has 18 heteroatoms. The number of aliphatic hydroxyl groups is 4. The third-order valence-electron chi connectivity index (χ3n) is 8.79. The molecule has 0 aliphatic rings. The quantitative estimate of drug-likeness (QED) is 0.0100. The van der Waals surface area contributed by atoms with E-state index >= 15 is 0 Å². The minimum Gasteiger partial charge on any atom is -0.462 e. The molecule has 0 aromatic carbocycles. The molecule has 0 aliphatic carbocycles. The first-order chi connectivity index (χ1) is 30.6. The van der Waals surface area contributed by atoms with E-state index in [-0.39, 0.29) is 25.7 Å². The van der Waals surface area contributed by atoms with Crippen LogP contribution in [-0.4, -0.2) is 104 Å². The van der Waals surface area contributed by atoms with Gasteiger partial charge in [-0.2, -0.15) is 0 Å². The van der Waals surface area contributed by atoms with Crippen LogP contribution in [0.15, 0.2) is 97.2 Å². The molecule has 0 saturated heterocycles. The largest absolute Gasteiger partial charge is 0.472 e. The van der Waals surface area contributed by atoms with Gasteiger partial charge in [-0.1, -0.05) is 143 Å². The summed E-state index contributed by atoms with van der Waals surface area (Å²) in [5.41, 5.74) is 0. The van der Waals surface area contributed by atoms with E-state index in [9.17, 15) is 44.0 Å². The molecule has 0 amide bonds. The number of phosphoric acid groups is 2. The molecule has 366 valence electrons. The Balaban J connectivity index is 4.93. The molecule has 0 bridgehead atoms. The number of unbranched alkanes of at least 4 members (excludes halogenated alkanes) is 7. The van der Waals surface area contributed by atoms with E-state index in [0.29, 0.717) is 19.3 Å². The number of carbonyl (C=O) groups is 2. The minimum atomic E-state index is -4.92. The van der Waals surface area contributed by atoms with Gasteiger partial charge < -0.3 is 44.6 Å². The molecule has 7 N–H and O–H groups in total. The van der Waals surface area contributed by atoms with E-state index in [1.54, 1.807) is 42.5 Å². The van der Waals surface area contributed by atoms with Crippen molar-refractivity contribution in [1.29, 1.82) is 0 Å². The van der Waals surface area contributed by atoms with Gasteiger partial charge in [-0.25, -0.2) is 9.13 Å². The van der Waals surface area contributed by atoms with E-state index in [1.165, 1.54) is 44.6 Å². The third kappa shape index (κ3) is 41.6. The molecule has 0 heterocycles. The summed E-state index contributed by atoms with van der Waals surface area (Å²) in [6, 6.07) is 0. The molecule has 6 atom stereocenters. The second-order valence-corrected chi connectivity index (χ2v) is 17.5. The molecule has 0 rings (SSSR count). The van der Waals surface area contributed by atoms with Crippen LogP contribution in [0.2, 0.25) is 0 Å². The van der Waals surface area contributed by atoms with Gasteiger partial charge in [-0.05, 0) is 64.2 Å². The molecule has 0 spiro atoms. The average Bonchev–Trinajstić information content (AvgIpc) is 3.24. The number of esters is 2. The highest BCUT2D eigenvalue weighted by atomic mass is 31.2. The second kappa shape index (κ2) is 40.2. The summed E-state index contributed by atoms with van der Waals surface area (Å²) in [4.78, 5) is 52.7. The molecular formula is C46H76O16P2. The lowest BCUT2D eigenvalue weighted by molar-refractivity contribution is -0.161. The van der Waals surface area contributed by atoms with Crippen LogP contribution in [0.5, 0.6) is 0 Å². The van der Waals surface area contributed by atoms with Gasteiger partial charge in [0.25, 0.3) is 0 Å². The van der Waals surface area contributed by atoms with Crippen LogP contribution in [-0.2, 0) is 41.8 Å². The highest BCUT2D eigenvalue weighted by Crippen LogP contribution is 2.43. The first kappa shape index (κ1) is 60.9. The zero-order valence-corrected chi connectivity index (χ0v) is 39.5. The SMILES string of the molecule is CC/C=C\C[C@H](O)/C=C/C=C/C=C\C=C/[C@@H](O)[C@H](O)CCCC(=O)O[C@H](COC(=O)CCC/C=C\C/C=C\C/C=C\CCCCCCCC)COP(=O)(O)OC[C@@H](O)COP(=O)(O)O. The Hall–Kier alpha value is -3.08. The smallest absolute Gasteiger partial charge is 0.462 e. The molecule has 0 aromatic heterocycles. The van der Waals surface area contributed by atoms with E-state index in [2.05, 4.69) is 40.3 Å². The Bertz CT molecular complexity index is 1550. The van der Waals surface area contributed by atoms with Crippen LogP contribution >= 0.6 is 15.6 Å². The maximum absolute atomic E-state index is 12.7. The van der Waals surface area contributed by atoms with Crippen molar-refractivity contribution in [3.05, 3.63) is 97.2 Å². The average molecular weight is 947 g/mol. The standard InChI is InChI=1S/C46H76O16P2/c1-3-5-7-8-9-10-11-12-13-14-15-16-17-18-19-24-28-34-45(51)58-38-42(39-61-64(56,57)60-37-41(48)36-59-63(53,54)55)62-46(52)35-29-33-44(50)43(49)32-27-23-21-20-22-26-31-40(47)30-25-6-4-2/h6,12-13,15-16,18-23,25-27,31-32,40-44,47-50H,3-5,7-11,14,17,24,28-30,33-39H2,1-2H3,(H,56,57)(H2,53,54,55)/b13-12-,16-15-,19-18-,22-20+,23-21-,25-6-,31-26+,32-27-/t40-,41-,42+,43+,44+/m0/s1. The molecule has 0 saturated carbocycles. The van der Waals surface area contributed by atoms with Gasteiger partial charge in [0.15, 0.2) is 6.10 Å². The fraction of sp³-hybridized carbons (Fsp3) is 0.609. The van der Waals surface area contributed by atoms with Crippen LogP contribution in [0.4, 0.5) is 0 Å².